The second-order valence-electron chi connectivity index (χ2n) is 11.2. The maximum Gasteiger partial charge on any atom is 0.414 e. The van der Waals surface area contributed by atoms with E-state index in [1.165, 1.54) is 10.9 Å². The van der Waals surface area contributed by atoms with E-state index in [-0.39, 0.29) is 22.6 Å². The number of benzene rings is 2. The van der Waals surface area contributed by atoms with E-state index in [1.807, 2.05) is 39.8 Å². The van der Waals surface area contributed by atoms with Gasteiger partial charge in [-0.25, -0.2) is 9.48 Å². The van der Waals surface area contributed by atoms with Crippen LogP contribution in [0, 0.1) is 12.3 Å². The largest absolute Gasteiger partial charge is 0.414 e. The standard InChI is InChI=1S/C27H35N5O4S/c1-17-9-10-18(24(33)29-20-14-19(27(5,6)7)11-12-22(20)37(8)35)13-21(17)32-15-23(30-31-32)36-25(34)28-16-26(2,3)4/h9-15H,16H2,1-8H3,(H,28,34)(H,29,33). The maximum absolute atomic E-state index is 13.2. The second kappa shape index (κ2) is 10.8. The number of hydrogen-bond acceptors (Lipinski definition) is 6. The number of nitrogens with one attached hydrogen (secondary N) is 2. The van der Waals surface area contributed by atoms with E-state index in [4.69, 9.17) is 4.74 Å². The Morgan fingerprint density at radius 2 is 1.76 bits per heavy atom. The van der Waals surface area contributed by atoms with Gasteiger partial charge in [-0.2, -0.15) is 0 Å². The Labute approximate surface area is 220 Å². The van der Waals surface area contributed by atoms with Crippen molar-refractivity contribution in [3.05, 3.63) is 59.3 Å². The van der Waals surface area contributed by atoms with Crippen molar-refractivity contribution in [2.24, 2.45) is 5.41 Å². The molecular formula is C27H35N5O4S. The Morgan fingerprint density at radius 1 is 1.05 bits per heavy atom. The van der Waals surface area contributed by atoms with Crippen LogP contribution >= 0.6 is 0 Å². The first-order valence-corrected chi connectivity index (χ1v) is 13.5. The number of aryl methyl sites for hydroxylation is 1. The van der Waals surface area contributed by atoms with Gasteiger partial charge in [0.2, 0.25) is 0 Å². The highest BCUT2D eigenvalue weighted by Crippen LogP contribution is 2.29. The molecule has 2 N–H and O–H groups in total. The van der Waals surface area contributed by atoms with Gasteiger partial charge in [-0.05, 0) is 53.1 Å². The van der Waals surface area contributed by atoms with Gasteiger partial charge < -0.3 is 15.4 Å². The molecule has 1 aromatic heterocycles. The molecule has 0 radical (unpaired) electrons. The van der Waals surface area contributed by atoms with Gasteiger partial charge in [-0.15, -0.1) is 0 Å². The van der Waals surface area contributed by atoms with Crippen LogP contribution in [0.2, 0.25) is 0 Å². The smallest absolute Gasteiger partial charge is 0.388 e. The Morgan fingerprint density at radius 3 is 2.38 bits per heavy atom. The summed E-state index contributed by atoms with van der Waals surface area (Å²) in [6.07, 6.45) is 2.44. The fourth-order valence-electron chi connectivity index (χ4n) is 3.42. The molecule has 0 aliphatic carbocycles. The first kappa shape index (κ1) is 28.0. The summed E-state index contributed by atoms with van der Waals surface area (Å²) in [4.78, 5) is 25.8. The van der Waals surface area contributed by atoms with Gasteiger partial charge in [0.15, 0.2) is 0 Å². The van der Waals surface area contributed by atoms with Crippen LogP contribution in [0.4, 0.5) is 10.5 Å². The molecule has 198 valence electrons. The number of carbonyl (C=O) groups is 2. The molecule has 1 heterocycles. The average Bonchev–Trinajstić information content (AvgIpc) is 3.24. The molecule has 2 aromatic carbocycles. The molecule has 1 atom stereocenters. The molecule has 9 nitrogen and oxygen atoms in total. The molecule has 0 saturated carbocycles. The van der Waals surface area contributed by atoms with Gasteiger partial charge in [-0.1, -0.05) is 64.0 Å². The summed E-state index contributed by atoms with van der Waals surface area (Å²) < 4.78 is 19.0. The summed E-state index contributed by atoms with van der Waals surface area (Å²) in [5, 5.41) is 13.6. The van der Waals surface area contributed by atoms with Crippen LogP contribution in [0.25, 0.3) is 5.69 Å². The van der Waals surface area contributed by atoms with E-state index < -0.39 is 16.9 Å². The molecule has 0 aliphatic rings. The van der Waals surface area contributed by atoms with Crippen LogP contribution in [0.5, 0.6) is 5.88 Å². The zero-order chi connectivity index (χ0) is 27.5. The third-order valence-electron chi connectivity index (χ3n) is 5.55. The molecule has 0 fully saturated rings. The Hall–Kier alpha value is -3.53. The zero-order valence-corrected chi connectivity index (χ0v) is 23.4. The fraction of sp³-hybridized carbons (Fsp3) is 0.407. The van der Waals surface area contributed by atoms with Gasteiger partial charge in [0, 0.05) is 18.4 Å². The quantitative estimate of drug-likeness (QED) is 0.468. The Bertz CT molecular complexity index is 1340. The van der Waals surface area contributed by atoms with Crippen molar-refractivity contribution < 1.29 is 18.5 Å². The van der Waals surface area contributed by atoms with Gasteiger partial charge in [0.25, 0.3) is 11.8 Å². The van der Waals surface area contributed by atoms with Gasteiger partial charge in [0.05, 0.1) is 33.3 Å². The molecule has 1 unspecified atom stereocenters. The van der Waals surface area contributed by atoms with Crippen LogP contribution in [-0.2, 0) is 16.2 Å². The molecule has 10 heteroatoms. The normalized spacial score (nSPS) is 12.6. The molecule has 3 aromatic rings. The lowest BCUT2D eigenvalue weighted by atomic mass is 9.87. The number of rotatable bonds is 6. The van der Waals surface area contributed by atoms with Gasteiger partial charge in [-0.3, -0.25) is 9.00 Å². The summed E-state index contributed by atoms with van der Waals surface area (Å²) in [7, 11) is -1.28. The van der Waals surface area contributed by atoms with Crippen LogP contribution < -0.4 is 15.4 Å². The predicted molar refractivity (Wildman–Crippen MR) is 145 cm³/mol. The number of amides is 2. The average molecular weight is 526 g/mol. The van der Waals surface area contributed by atoms with Crippen molar-refractivity contribution >= 4 is 28.5 Å². The first-order chi connectivity index (χ1) is 17.1. The number of anilines is 1. The minimum atomic E-state index is -1.28. The second-order valence-corrected chi connectivity index (χ2v) is 12.5. The molecule has 0 aliphatic heterocycles. The van der Waals surface area contributed by atoms with Crippen molar-refractivity contribution in [1.82, 2.24) is 20.3 Å². The summed E-state index contributed by atoms with van der Waals surface area (Å²) in [5.74, 6) is -0.313. The lowest BCUT2D eigenvalue weighted by Crippen LogP contribution is -2.34. The third-order valence-corrected chi connectivity index (χ3v) is 6.53. The topological polar surface area (TPSA) is 115 Å². The van der Waals surface area contributed by atoms with E-state index in [0.717, 1.165) is 11.1 Å². The molecule has 37 heavy (non-hydrogen) atoms. The van der Waals surface area contributed by atoms with Crippen molar-refractivity contribution in [3.63, 3.8) is 0 Å². The van der Waals surface area contributed by atoms with Crippen molar-refractivity contribution in [3.8, 4) is 11.6 Å². The molecular weight excluding hydrogens is 490 g/mol. The van der Waals surface area contributed by atoms with Crippen molar-refractivity contribution in [1.29, 1.82) is 0 Å². The van der Waals surface area contributed by atoms with Gasteiger partial charge in [0.1, 0.15) is 0 Å². The van der Waals surface area contributed by atoms with Crippen LogP contribution in [0.1, 0.15) is 63.0 Å². The first-order valence-electron chi connectivity index (χ1n) is 11.9. The maximum atomic E-state index is 13.2. The van der Waals surface area contributed by atoms with Crippen LogP contribution in [0.3, 0.4) is 0 Å². The van der Waals surface area contributed by atoms with E-state index >= 15 is 0 Å². The van der Waals surface area contributed by atoms with Crippen molar-refractivity contribution in [2.45, 2.75) is 58.8 Å². The minimum absolute atomic E-state index is 0.0368. The predicted octanol–water partition coefficient (Wildman–Crippen LogP) is 5.00. The van der Waals surface area contributed by atoms with Crippen LogP contribution in [0.15, 0.2) is 47.5 Å². The summed E-state index contributed by atoms with van der Waals surface area (Å²) >= 11 is 0. The Kier molecular flexibility index (Phi) is 8.22. The molecule has 0 bridgehead atoms. The fourth-order valence-corrected chi connectivity index (χ4v) is 4.10. The lowest BCUT2D eigenvalue weighted by Gasteiger charge is -2.21. The number of aromatic nitrogens is 3. The molecule has 2 amide bonds. The van der Waals surface area contributed by atoms with E-state index in [2.05, 4.69) is 41.7 Å². The van der Waals surface area contributed by atoms with Crippen molar-refractivity contribution in [2.75, 3.05) is 18.1 Å². The minimum Gasteiger partial charge on any atom is -0.388 e. The monoisotopic (exact) mass is 525 g/mol. The number of ether oxygens (including phenoxy) is 1. The van der Waals surface area contributed by atoms with E-state index in [1.54, 1.807) is 30.5 Å². The van der Waals surface area contributed by atoms with E-state index in [9.17, 15) is 13.8 Å². The lowest BCUT2D eigenvalue weighted by molar-refractivity contribution is 0.102. The third kappa shape index (κ3) is 7.48. The van der Waals surface area contributed by atoms with E-state index in [0.29, 0.717) is 28.4 Å². The number of nitrogens with zero attached hydrogens (tertiary/aromatic N) is 3. The van der Waals surface area contributed by atoms with Gasteiger partial charge >= 0.3 is 6.09 Å². The molecule has 3 rings (SSSR count). The highest BCUT2D eigenvalue weighted by Gasteiger charge is 2.19. The summed E-state index contributed by atoms with van der Waals surface area (Å²) in [5.41, 5.74) is 3.14. The zero-order valence-electron chi connectivity index (χ0n) is 22.6. The number of hydrogen-bond donors (Lipinski definition) is 2. The summed E-state index contributed by atoms with van der Waals surface area (Å²) in [6.45, 7) is 14.5. The molecule has 0 saturated heterocycles. The highest BCUT2D eigenvalue weighted by atomic mass is 32.2. The van der Waals surface area contributed by atoms with Crippen LogP contribution in [-0.4, -0.2) is 44.0 Å². The Balaban J connectivity index is 1.83. The highest BCUT2D eigenvalue weighted by molar-refractivity contribution is 7.84. The number of carbonyl (C=O) groups excluding carboxylic acids is 2. The SMILES string of the molecule is Cc1ccc(C(=O)Nc2cc(C(C)(C)C)ccc2S(C)=O)cc1-n1cc(OC(=O)NCC(C)(C)C)nn1. The molecule has 0 spiro atoms. The summed E-state index contributed by atoms with van der Waals surface area (Å²) in [6, 6.07) is 10.8.